The highest BCUT2D eigenvalue weighted by Gasteiger charge is 2.33. The molecule has 57 heavy (non-hydrogen) atoms. The van der Waals surface area contributed by atoms with Crippen molar-refractivity contribution in [1.82, 2.24) is 19.5 Å². The molecule has 0 N–H and O–H groups in total. The number of nitrogens with zero attached hydrogens (tertiary/aromatic N) is 4. The summed E-state index contributed by atoms with van der Waals surface area (Å²) < 4.78 is 11.3. The van der Waals surface area contributed by atoms with Crippen LogP contribution in [0.1, 0.15) is 11.5 Å². The average molecular weight is 747 g/mol. The van der Waals surface area contributed by atoms with E-state index < -0.39 is 0 Å². The zero-order chi connectivity index (χ0) is 37.2. The van der Waals surface area contributed by atoms with Crippen molar-refractivity contribution in [1.29, 1.82) is 0 Å². The molecule has 3 aromatic heterocycles. The third-order valence-corrected chi connectivity index (χ3v) is 13.1. The van der Waals surface area contributed by atoms with Crippen LogP contribution in [0.25, 0.3) is 103 Å². The molecule has 13 rings (SSSR count). The van der Waals surface area contributed by atoms with Gasteiger partial charge >= 0.3 is 0 Å². The zero-order valence-corrected chi connectivity index (χ0v) is 31.2. The fourth-order valence-corrected chi connectivity index (χ4v) is 10.5. The molecule has 0 bridgehead atoms. The van der Waals surface area contributed by atoms with Gasteiger partial charge in [-0.05, 0) is 68.7 Å². The lowest BCUT2D eigenvalue weighted by Gasteiger charge is -2.13. The number of ether oxygens (including phenoxy) is 1. The molecule has 1 aliphatic carbocycles. The van der Waals surface area contributed by atoms with Gasteiger partial charge in [0, 0.05) is 59.6 Å². The Labute approximate surface area is 330 Å². The summed E-state index contributed by atoms with van der Waals surface area (Å²) in [6.07, 6.45) is 8.60. The van der Waals surface area contributed by atoms with E-state index in [2.05, 4.69) is 156 Å². The lowest BCUT2D eigenvalue weighted by molar-refractivity contribution is 0.269. The Bertz CT molecular complexity index is 3540. The topological polar surface area (TPSA) is 52.8 Å². The molecule has 8 aromatic carbocycles. The molecule has 1 aliphatic heterocycles. The first-order valence-electron chi connectivity index (χ1n) is 19.3. The van der Waals surface area contributed by atoms with E-state index in [1.165, 1.54) is 58.1 Å². The summed E-state index contributed by atoms with van der Waals surface area (Å²) in [4.78, 5) is 15.9. The minimum absolute atomic E-state index is 0.0155. The maximum Gasteiger partial charge on any atom is 0.238 e. The van der Waals surface area contributed by atoms with Gasteiger partial charge in [-0.3, -0.25) is 4.57 Å². The normalized spacial score (nSPS) is 16.1. The van der Waals surface area contributed by atoms with Crippen LogP contribution in [-0.4, -0.2) is 25.6 Å². The van der Waals surface area contributed by atoms with Crippen molar-refractivity contribution < 1.29 is 4.74 Å². The molecule has 0 amide bonds. The summed E-state index contributed by atoms with van der Waals surface area (Å²) in [7, 11) is 0. The fraction of sp³-hybridized carbons (Fsp3) is 0.0392. The quantitative estimate of drug-likeness (QED) is 0.169. The summed E-state index contributed by atoms with van der Waals surface area (Å²) in [5, 5.41) is 12.2. The molecule has 0 saturated heterocycles. The number of fused-ring (bicyclic) bond motifs is 15. The van der Waals surface area contributed by atoms with Crippen molar-refractivity contribution in [3.8, 4) is 34.5 Å². The summed E-state index contributed by atoms with van der Waals surface area (Å²) in [6, 6.07) is 52.2. The predicted molar refractivity (Wildman–Crippen MR) is 236 cm³/mol. The van der Waals surface area contributed by atoms with Crippen molar-refractivity contribution >= 4 is 85.6 Å². The van der Waals surface area contributed by atoms with Crippen molar-refractivity contribution in [2.75, 3.05) is 0 Å². The van der Waals surface area contributed by atoms with E-state index in [1.54, 1.807) is 0 Å². The number of aromatic nitrogens is 4. The van der Waals surface area contributed by atoms with Gasteiger partial charge in [0.2, 0.25) is 5.95 Å². The molecule has 6 heteroatoms. The molecule has 11 aromatic rings. The lowest BCUT2D eigenvalue weighted by Crippen LogP contribution is -2.15. The molecule has 5 nitrogen and oxygen atoms in total. The van der Waals surface area contributed by atoms with Crippen molar-refractivity contribution in [3.05, 3.63) is 175 Å². The Morgan fingerprint density at radius 2 is 1.09 bits per heavy atom. The van der Waals surface area contributed by atoms with Gasteiger partial charge in [0.25, 0.3) is 0 Å². The number of thiophene rings is 1. The Morgan fingerprint density at radius 1 is 0.456 bits per heavy atom. The van der Waals surface area contributed by atoms with Crippen LogP contribution in [-0.2, 0) is 0 Å². The van der Waals surface area contributed by atoms with Gasteiger partial charge < -0.3 is 4.74 Å². The minimum atomic E-state index is -0.0155. The van der Waals surface area contributed by atoms with Crippen molar-refractivity contribution in [2.24, 2.45) is 0 Å². The van der Waals surface area contributed by atoms with Gasteiger partial charge in [-0.2, -0.15) is 9.97 Å². The molecule has 0 spiro atoms. The predicted octanol–water partition coefficient (Wildman–Crippen LogP) is 13.1. The van der Waals surface area contributed by atoms with Gasteiger partial charge in [-0.15, -0.1) is 11.3 Å². The van der Waals surface area contributed by atoms with E-state index in [1.807, 2.05) is 29.5 Å². The fourth-order valence-electron chi connectivity index (χ4n) is 9.34. The highest BCUT2D eigenvalue weighted by Crippen LogP contribution is 2.47. The summed E-state index contributed by atoms with van der Waals surface area (Å²) in [5.74, 6) is 2.88. The number of hydrogen-bond acceptors (Lipinski definition) is 5. The second-order valence-corrected chi connectivity index (χ2v) is 16.2. The second kappa shape index (κ2) is 11.7. The Kier molecular flexibility index (Phi) is 6.37. The molecule has 2 atom stereocenters. The van der Waals surface area contributed by atoms with Crippen molar-refractivity contribution in [2.45, 2.75) is 12.0 Å². The van der Waals surface area contributed by atoms with E-state index in [0.29, 0.717) is 17.6 Å². The summed E-state index contributed by atoms with van der Waals surface area (Å²) >= 11 is 1.82. The van der Waals surface area contributed by atoms with Gasteiger partial charge in [-0.1, -0.05) is 127 Å². The molecule has 0 saturated carbocycles. The van der Waals surface area contributed by atoms with Crippen LogP contribution in [0, 0.1) is 0 Å². The van der Waals surface area contributed by atoms with Crippen LogP contribution in [0.15, 0.2) is 170 Å². The van der Waals surface area contributed by atoms with E-state index in [9.17, 15) is 0 Å². The van der Waals surface area contributed by atoms with E-state index in [-0.39, 0.29) is 12.0 Å². The third kappa shape index (κ3) is 4.53. The summed E-state index contributed by atoms with van der Waals surface area (Å²) in [6.45, 7) is 0. The minimum Gasteiger partial charge on any atom is -0.485 e. The first kappa shape index (κ1) is 31.1. The number of benzene rings is 8. The standard InChI is InChI=1S/C51H30N4OS/c1-2-12-29(13-3-1)49-52-50(30-22-23-35-33-16-5-4-14-31(33)32-15-6-7-17-34(32)38(35)24-30)54-51(53-49)55-43-27-46-41(36-18-8-10-20-45(36)56-46)25-39(43)40-26-42-37-19-9-11-21-47(37)57-48(42)28-44(40)55/h1-28,36,45H. The first-order valence-corrected chi connectivity index (χ1v) is 20.2. The number of rotatable bonds is 3. The van der Waals surface area contributed by atoms with Gasteiger partial charge in [0.1, 0.15) is 11.9 Å². The van der Waals surface area contributed by atoms with Crippen molar-refractivity contribution in [3.63, 3.8) is 0 Å². The molecule has 0 radical (unpaired) electrons. The smallest absolute Gasteiger partial charge is 0.238 e. The molecule has 2 unspecified atom stereocenters. The first-order chi connectivity index (χ1) is 28.2. The molecule has 2 aliphatic rings. The average Bonchev–Trinajstić information content (AvgIpc) is 3.93. The molecule has 0 fully saturated rings. The molecular weight excluding hydrogens is 717 g/mol. The molecule has 4 heterocycles. The van der Waals surface area contributed by atoms with Gasteiger partial charge in [-0.25, -0.2) is 4.98 Å². The van der Waals surface area contributed by atoms with Crippen LogP contribution in [0.3, 0.4) is 0 Å². The maximum absolute atomic E-state index is 6.62. The number of hydrogen-bond donors (Lipinski definition) is 0. The largest absolute Gasteiger partial charge is 0.485 e. The zero-order valence-electron chi connectivity index (χ0n) is 30.4. The lowest BCUT2D eigenvalue weighted by atomic mass is 9.91. The number of allylic oxidation sites excluding steroid dienone is 2. The second-order valence-electron chi connectivity index (χ2n) is 15.1. The molecule has 266 valence electrons. The van der Waals surface area contributed by atoms with Crippen LogP contribution in [0.5, 0.6) is 5.75 Å². The van der Waals surface area contributed by atoms with Crippen LogP contribution in [0.2, 0.25) is 0 Å². The highest BCUT2D eigenvalue weighted by atomic mass is 32.1. The Hall–Kier alpha value is -7.15. The van der Waals surface area contributed by atoms with E-state index in [4.69, 9.17) is 19.7 Å². The van der Waals surface area contributed by atoms with E-state index in [0.717, 1.165) is 38.7 Å². The third-order valence-electron chi connectivity index (χ3n) is 12.0. The van der Waals surface area contributed by atoms with Crippen LogP contribution >= 0.6 is 11.3 Å². The van der Waals surface area contributed by atoms with Crippen LogP contribution in [0.4, 0.5) is 0 Å². The van der Waals surface area contributed by atoms with Gasteiger partial charge in [0.05, 0.1) is 11.0 Å². The summed E-state index contributed by atoms with van der Waals surface area (Å²) in [5.41, 5.74) is 5.13. The SMILES string of the molecule is C1=CC2Oc3cc4c(cc3C2C=C1)c1cc2c(cc1n4-c1nc(-c3ccccc3)nc(-c3ccc4c5ccccc5c5ccccc5c4c3)n1)sc1ccccc12. The van der Waals surface area contributed by atoms with Crippen LogP contribution < -0.4 is 4.74 Å². The molecular formula is C51H30N4OS. The van der Waals surface area contributed by atoms with E-state index >= 15 is 0 Å². The Morgan fingerprint density at radius 3 is 1.88 bits per heavy atom. The Balaban J connectivity index is 1.11. The maximum atomic E-state index is 6.62. The highest BCUT2D eigenvalue weighted by molar-refractivity contribution is 7.25. The van der Waals surface area contributed by atoms with Gasteiger partial charge in [0.15, 0.2) is 11.6 Å². The monoisotopic (exact) mass is 746 g/mol.